The van der Waals surface area contributed by atoms with Gasteiger partial charge >= 0.3 is 0 Å². The predicted octanol–water partition coefficient (Wildman–Crippen LogP) is 23.7. The molecule has 0 fully saturated rings. The first kappa shape index (κ1) is 46.9. The summed E-state index contributed by atoms with van der Waals surface area (Å²) < 4.78 is 0. The molecule has 18 aromatic rings. The summed E-state index contributed by atoms with van der Waals surface area (Å²) in [4.78, 5) is 0. The van der Waals surface area contributed by atoms with Crippen molar-refractivity contribution >= 4 is 118 Å². The van der Waals surface area contributed by atoms with Crippen molar-refractivity contribution in [2.24, 2.45) is 0 Å². The minimum Gasteiger partial charge on any atom is -0.107 e. The molecule has 0 amide bonds. The fraction of sp³-hybridized carbons (Fsp3) is 0.0238. The van der Waals surface area contributed by atoms with Gasteiger partial charge in [-0.15, -0.1) is 11.8 Å². The molecular weight excluding hydrogens is 1010 g/mol. The van der Waals surface area contributed by atoms with Crippen LogP contribution in [0.1, 0.15) is 13.8 Å². The summed E-state index contributed by atoms with van der Waals surface area (Å²) in [6.45, 7) is 3.64. The molecule has 0 aliphatic heterocycles. The van der Waals surface area contributed by atoms with Gasteiger partial charge in [0.2, 0.25) is 0 Å². The van der Waals surface area contributed by atoms with Crippen LogP contribution in [0, 0.1) is 11.8 Å². The molecule has 0 unspecified atom stereocenters. The van der Waals surface area contributed by atoms with Gasteiger partial charge in [-0.25, -0.2) is 0 Å². The van der Waals surface area contributed by atoms with Crippen molar-refractivity contribution in [3.05, 3.63) is 267 Å². The maximum Gasteiger partial charge on any atom is -0.000740 e. The summed E-state index contributed by atoms with van der Waals surface area (Å²) in [7, 11) is 0. The fourth-order valence-corrected chi connectivity index (χ4v) is 15.6. The number of rotatable bonds is 5. The molecule has 0 radical (unpaired) electrons. The molecule has 0 N–H and O–H groups in total. The molecule has 1 aliphatic carbocycles. The molecule has 0 nitrogen and oxygen atoms in total. The van der Waals surface area contributed by atoms with Gasteiger partial charge in [0.15, 0.2) is 0 Å². The van der Waals surface area contributed by atoms with Crippen molar-refractivity contribution in [3.63, 3.8) is 0 Å². The van der Waals surface area contributed by atoms with Crippen LogP contribution < -0.4 is 0 Å². The van der Waals surface area contributed by atoms with E-state index >= 15 is 0 Å². The Balaban J connectivity index is 0.00000130. The quantitative estimate of drug-likeness (QED) is 0.0915. The molecule has 0 heteroatoms. The molecule has 386 valence electrons. The van der Waals surface area contributed by atoms with Gasteiger partial charge in [-0.3, -0.25) is 0 Å². The third-order valence-corrected chi connectivity index (χ3v) is 18.8. The minimum absolute atomic E-state index is 1.23. The summed E-state index contributed by atoms with van der Waals surface area (Å²) in [6, 6.07) is 101. The average molecular weight is 1060 g/mol. The molecule has 0 saturated carbocycles. The Morgan fingerprint density at radius 3 is 0.917 bits per heavy atom. The lowest BCUT2D eigenvalue weighted by atomic mass is 9.82. The topological polar surface area (TPSA) is 0 Å². The first-order valence-corrected chi connectivity index (χ1v) is 29.3. The Bertz CT molecular complexity index is 5520. The standard InChI is InChI=1S/C80H44.C4H6/c1-6-19-45(20-7-1)50-33-34-59-65-44-67-66(43-64(65)54-32-18-31-51(50)72(54)59)70(48-25-12-4-13-26-48)79-62-41-37-57-55-35-39-60-75-61(40-36-56(73(55)75)58-38-42-63(76(62)74(57)58)80(79)71(67)49-27-14-5-15-28-49)78-69(47-23-10-3-11-24-47)53-30-17-16-29-52(53)68(77(60)78)46-21-8-2-9-22-46;1-3-4-2/h1-44H;1-2H3. The van der Waals surface area contributed by atoms with E-state index in [1.807, 2.05) is 13.8 Å². The zero-order chi connectivity index (χ0) is 55.3. The van der Waals surface area contributed by atoms with E-state index in [0.29, 0.717) is 0 Å². The summed E-state index contributed by atoms with van der Waals surface area (Å²) in [5.41, 5.74) is 18.0. The number of benzene rings is 16. The Hall–Kier alpha value is -10.8. The van der Waals surface area contributed by atoms with Crippen LogP contribution in [-0.2, 0) is 0 Å². The van der Waals surface area contributed by atoms with Gasteiger partial charge in [-0.2, -0.15) is 0 Å². The normalized spacial score (nSPS) is 12.1. The van der Waals surface area contributed by atoms with Crippen molar-refractivity contribution in [2.75, 3.05) is 0 Å². The van der Waals surface area contributed by atoms with E-state index in [2.05, 4.69) is 279 Å². The number of hydrogen-bond donors (Lipinski definition) is 0. The van der Waals surface area contributed by atoms with Gasteiger partial charge in [0, 0.05) is 0 Å². The second kappa shape index (κ2) is 17.8. The van der Waals surface area contributed by atoms with E-state index in [-0.39, 0.29) is 0 Å². The molecule has 84 heavy (non-hydrogen) atoms. The van der Waals surface area contributed by atoms with Gasteiger partial charge in [-0.1, -0.05) is 255 Å². The maximum absolute atomic E-state index is 2.68. The van der Waals surface area contributed by atoms with Crippen LogP contribution in [0.3, 0.4) is 0 Å². The smallest absolute Gasteiger partial charge is 0.000740 e. The predicted molar refractivity (Wildman–Crippen MR) is 363 cm³/mol. The van der Waals surface area contributed by atoms with Gasteiger partial charge in [0.25, 0.3) is 0 Å². The van der Waals surface area contributed by atoms with Gasteiger partial charge in [0.05, 0.1) is 0 Å². The molecule has 18 aromatic carbocycles. The van der Waals surface area contributed by atoms with E-state index in [4.69, 9.17) is 0 Å². The van der Waals surface area contributed by atoms with E-state index in [1.54, 1.807) is 0 Å². The highest BCUT2D eigenvalue weighted by atomic mass is 14.4. The van der Waals surface area contributed by atoms with Crippen molar-refractivity contribution in [1.82, 2.24) is 0 Å². The lowest BCUT2D eigenvalue weighted by Gasteiger charge is -2.20. The Morgan fingerprint density at radius 1 is 0.167 bits per heavy atom. The van der Waals surface area contributed by atoms with Crippen LogP contribution in [0.4, 0.5) is 0 Å². The zero-order valence-electron chi connectivity index (χ0n) is 46.4. The summed E-state index contributed by atoms with van der Waals surface area (Å²) >= 11 is 0. The first-order valence-electron chi connectivity index (χ1n) is 29.3. The van der Waals surface area contributed by atoms with Gasteiger partial charge in [0.1, 0.15) is 0 Å². The van der Waals surface area contributed by atoms with E-state index in [1.165, 1.54) is 196 Å². The van der Waals surface area contributed by atoms with Gasteiger partial charge < -0.3 is 0 Å². The highest BCUT2D eigenvalue weighted by molar-refractivity contribution is 6.48. The van der Waals surface area contributed by atoms with Crippen molar-refractivity contribution < 1.29 is 0 Å². The lowest BCUT2D eigenvalue weighted by molar-refractivity contribution is 1.62. The molecule has 0 spiro atoms. The highest BCUT2D eigenvalue weighted by Gasteiger charge is 2.33. The first-order chi connectivity index (χ1) is 41.7. The monoisotopic (exact) mass is 1060 g/mol. The van der Waals surface area contributed by atoms with Crippen molar-refractivity contribution in [3.8, 4) is 89.7 Å². The minimum atomic E-state index is 1.23. The van der Waals surface area contributed by atoms with E-state index < -0.39 is 0 Å². The molecule has 0 aromatic heterocycles. The SMILES string of the molecule is CC#CC.c1ccc(-c2c3c(c(-c4ccccc4)c4ccccc24)-c2ccc4c5ccc6c7c(-c8ccccc8)c8cc9c(cc8c(-c8ccccc8)c7c7ccc(c8ccc-3c2c84)c5c76)c2cccc3c(-c4ccccc4)ccc9c32)cc1. The second-order valence-corrected chi connectivity index (χ2v) is 22.9. The Kier molecular flexibility index (Phi) is 9.95. The van der Waals surface area contributed by atoms with E-state index in [9.17, 15) is 0 Å². The molecular formula is C84H50. The van der Waals surface area contributed by atoms with Gasteiger partial charge in [-0.05, 0) is 222 Å². The summed E-state index contributed by atoms with van der Waals surface area (Å²) in [5.74, 6) is 5.36. The Labute approximate surface area is 486 Å². The highest BCUT2D eigenvalue weighted by Crippen LogP contribution is 2.61. The van der Waals surface area contributed by atoms with Crippen LogP contribution in [-0.4, -0.2) is 0 Å². The number of hydrogen-bond acceptors (Lipinski definition) is 0. The van der Waals surface area contributed by atoms with Crippen LogP contribution in [0.5, 0.6) is 0 Å². The molecule has 0 heterocycles. The zero-order valence-corrected chi connectivity index (χ0v) is 46.4. The molecule has 0 saturated heterocycles. The van der Waals surface area contributed by atoms with E-state index in [0.717, 1.165) is 0 Å². The molecule has 1 aliphatic rings. The van der Waals surface area contributed by atoms with Crippen LogP contribution in [0.15, 0.2) is 267 Å². The number of fused-ring (bicyclic) bond motifs is 13. The van der Waals surface area contributed by atoms with Crippen LogP contribution >= 0.6 is 0 Å². The molecule has 0 bridgehead atoms. The third-order valence-electron chi connectivity index (χ3n) is 18.8. The summed E-state index contributed by atoms with van der Waals surface area (Å²) in [6.07, 6.45) is 0. The Morgan fingerprint density at radius 2 is 0.476 bits per heavy atom. The maximum atomic E-state index is 2.68. The lowest BCUT2D eigenvalue weighted by Crippen LogP contribution is -1.93. The van der Waals surface area contributed by atoms with Crippen LogP contribution in [0.2, 0.25) is 0 Å². The molecule has 0 atom stereocenters. The van der Waals surface area contributed by atoms with Crippen molar-refractivity contribution in [2.45, 2.75) is 13.8 Å². The third kappa shape index (κ3) is 6.28. The largest absolute Gasteiger partial charge is 0.107 e. The van der Waals surface area contributed by atoms with Crippen molar-refractivity contribution in [1.29, 1.82) is 0 Å². The fourth-order valence-electron chi connectivity index (χ4n) is 15.6. The summed E-state index contributed by atoms with van der Waals surface area (Å²) in [5, 5.41) is 28.9. The second-order valence-electron chi connectivity index (χ2n) is 22.9. The molecule has 19 rings (SSSR count). The van der Waals surface area contributed by atoms with Crippen LogP contribution in [0.25, 0.3) is 196 Å². The average Bonchev–Trinajstić information content (AvgIpc) is 1.54.